The quantitative estimate of drug-likeness (QED) is 0.183. The average molecular weight is 606 g/mol. The zero-order valence-corrected chi connectivity index (χ0v) is 25.2. The molecule has 3 amide bonds. The monoisotopic (exact) mass is 605 g/mol. The molecule has 2 rings (SSSR count). The van der Waals surface area contributed by atoms with Gasteiger partial charge in [0.25, 0.3) is 5.91 Å². The van der Waals surface area contributed by atoms with Gasteiger partial charge in [0.15, 0.2) is 11.4 Å². The predicted octanol–water partition coefficient (Wildman–Crippen LogP) is 0.295. The molecule has 1 heterocycles. The smallest absolute Gasteiger partial charge is 0.320 e. The molecule has 4 atom stereocenters. The summed E-state index contributed by atoms with van der Waals surface area (Å²) in [4.78, 5) is 69.4. The lowest BCUT2D eigenvalue weighted by Gasteiger charge is -2.32. The third kappa shape index (κ3) is 9.98. The number of nitrogens with one attached hydrogen (secondary N) is 3. The number of benzene rings is 1. The maximum Gasteiger partial charge on any atom is 0.320 e. The summed E-state index contributed by atoms with van der Waals surface area (Å²) in [6.45, 7) is 4.06. The van der Waals surface area contributed by atoms with E-state index in [9.17, 15) is 24.0 Å². The maximum absolute atomic E-state index is 13.7. The van der Waals surface area contributed by atoms with Crippen LogP contribution in [0.2, 0.25) is 0 Å². The number of hydrogen-bond acceptors (Lipinski definition) is 11. The third-order valence-electron chi connectivity index (χ3n) is 6.38. The molecule has 0 spiro atoms. The van der Waals surface area contributed by atoms with Crippen LogP contribution >= 0.6 is 11.3 Å². The predicted molar refractivity (Wildman–Crippen MR) is 155 cm³/mol. The summed E-state index contributed by atoms with van der Waals surface area (Å²) in [5.41, 5.74) is 4.58. The largest absolute Gasteiger partial charge is 0.450 e. The van der Waals surface area contributed by atoms with Crippen molar-refractivity contribution in [1.29, 1.82) is 0 Å². The number of carbonyl (C=O) groups excluding carboxylic acids is 5. The fourth-order valence-electron chi connectivity index (χ4n) is 3.96. The number of ether oxygens (including phenoxy) is 3. The van der Waals surface area contributed by atoms with Gasteiger partial charge in [0.05, 0.1) is 37.0 Å². The van der Waals surface area contributed by atoms with Gasteiger partial charge in [0.2, 0.25) is 11.8 Å². The number of aromatic nitrogens is 1. The highest BCUT2D eigenvalue weighted by atomic mass is 32.1. The number of aryl methyl sites for hydroxylation is 1. The van der Waals surface area contributed by atoms with Crippen molar-refractivity contribution in [3.05, 3.63) is 52.0 Å². The van der Waals surface area contributed by atoms with Gasteiger partial charge in [-0.3, -0.25) is 24.0 Å². The van der Waals surface area contributed by atoms with E-state index in [0.717, 1.165) is 16.9 Å². The first-order valence-corrected chi connectivity index (χ1v) is 14.1. The minimum atomic E-state index is -1.56. The van der Waals surface area contributed by atoms with E-state index in [-0.39, 0.29) is 26.1 Å². The first kappa shape index (κ1) is 34.5. The molecule has 230 valence electrons. The second-order valence-electron chi connectivity index (χ2n) is 9.62. The van der Waals surface area contributed by atoms with E-state index in [4.69, 9.17) is 19.9 Å². The molecule has 0 saturated heterocycles. The van der Waals surface area contributed by atoms with Crippen molar-refractivity contribution in [2.45, 2.75) is 57.3 Å². The van der Waals surface area contributed by atoms with Gasteiger partial charge < -0.3 is 35.9 Å². The van der Waals surface area contributed by atoms with Crippen molar-refractivity contribution in [2.75, 3.05) is 34.0 Å². The Morgan fingerprint density at radius 3 is 2.02 bits per heavy atom. The Labute approximate surface area is 248 Å². The Morgan fingerprint density at radius 2 is 1.52 bits per heavy atom. The molecule has 1 aromatic carbocycles. The minimum absolute atomic E-state index is 0.0887. The fraction of sp³-hybridized carbons (Fsp3) is 0.500. The Kier molecular flexibility index (Phi) is 13.7. The van der Waals surface area contributed by atoms with Crippen molar-refractivity contribution in [2.24, 2.45) is 5.73 Å². The number of Topliss-reactive ketones (excluding diaryl/α,β-unsaturated/α-hetero) is 1. The Hall–Kier alpha value is -3.72. The highest BCUT2D eigenvalue weighted by Gasteiger charge is 2.41. The van der Waals surface area contributed by atoms with Gasteiger partial charge in [-0.15, -0.1) is 11.3 Å². The Morgan fingerprint density at radius 1 is 0.952 bits per heavy atom. The van der Waals surface area contributed by atoms with Crippen molar-refractivity contribution in [3.8, 4) is 0 Å². The van der Waals surface area contributed by atoms with Crippen LogP contribution in [-0.4, -0.2) is 92.2 Å². The summed E-state index contributed by atoms with van der Waals surface area (Å²) >= 11 is 1.16. The van der Waals surface area contributed by atoms with Gasteiger partial charge in [0.1, 0.15) is 17.0 Å². The topological polar surface area (TPSA) is 188 Å². The van der Waals surface area contributed by atoms with Gasteiger partial charge in [-0.25, -0.2) is 4.98 Å². The number of hydrogen-bond donors (Lipinski definition) is 4. The SMILES string of the molecule is CC[C@@](C)(OC(=O)CN)C(=O)[C@H](Cc1ccccc1)NC(=O)[C@H](COC)NC(=O)[C@H](COC)NC(=O)c1cnc(C)s1. The van der Waals surface area contributed by atoms with Crippen molar-refractivity contribution in [1.82, 2.24) is 20.9 Å². The highest BCUT2D eigenvalue weighted by Crippen LogP contribution is 2.21. The second kappa shape index (κ2) is 16.7. The Bertz CT molecular complexity index is 1220. The van der Waals surface area contributed by atoms with Crippen LogP contribution in [0.3, 0.4) is 0 Å². The number of nitrogens with zero attached hydrogens (tertiary/aromatic N) is 1. The summed E-state index contributed by atoms with van der Waals surface area (Å²) in [5.74, 6) is -3.25. The van der Waals surface area contributed by atoms with E-state index in [1.807, 2.05) is 6.07 Å². The van der Waals surface area contributed by atoms with Crippen LogP contribution in [-0.2, 0) is 39.8 Å². The molecule has 13 nitrogen and oxygen atoms in total. The van der Waals surface area contributed by atoms with Crippen molar-refractivity contribution < 1.29 is 38.2 Å². The maximum atomic E-state index is 13.7. The molecule has 2 aromatic rings. The number of nitrogens with two attached hydrogens (primary N) is 1. The lowest BCUT2D eigenvalue weighted by atomic mass is 9.88. The normalized spacial score (nSPS) is 14.5. The van der Waals surface area contributed by atoms with E-state index in [1.54, 1.807) is 38.1 Å². The highest BCUT2D eigenvalue weighted by molar-refractivity contribution is 7.13. The molecule has 0 bridgehead atoms. The van der Waals surface area contributed by atoms with Crippen LogP contribution in [0, 0.1) is 6.92 Å². The number of ketones is 1. The molecular weight excluding hydrogens is 566 g/mol. The third-order valence-corrected chi connectivity index (χ3v) is 7.30. The molecule has 0 saturated carbocycles. The lowest BCUT2D eigenvalue weighted by Crippen LogP contribution is -2.60. The van der Waals surface area contributed by atoms with Gasteiger partial charge in [0, 0.05) is 14.2 Å². The standard InChI is InChI=1S/C28H39N5O8S/c1-6-28(3,41-23(34)13-29)24(35)19(12-18-10-8-7-9-11-18)31-25(36)20(15-39-4)32-26(37)21(16-40-5)33-27(38)22-14-30-17(2)42-22/h7-11,14,19-21H,6,12-13,15-16,29H2,1-5H3,(H,31,36)(H,32,37)(H,33,38)/t19-,20-,21-,28+/m0/s1. The van der Waals surface area contributed by atoms with Crippen molar-refractivity contribution in [3.63, 3.8) is 0 Å². The van der Waals surface area contributed by atoms with E-state index in [0.29, 0.717) is 9.88 Å². The van der Waals surface area contributed by atoms with Crippen LogP contribution in [0.1, 0.15) is 40.5 Å². The zero-order valence-electron chi connectivity index (χ0n) is 24.4. The summed E-state index contributed by atoms with van der Waals surface area (Å²) in [6.07, 6.45) is 1.62. The minimum Gasteiger partial charge on any atom is -0.450 e. The van der Waals surface area contributed by atoms with E-state index in [1.165, 1.54) is 27.3 Å². The van der Waals surface area contributed by atoms with Gasteiger partial charge in [-0.05, 0) is 32.3 Å². The number of carbonyl (C=O) groups is 5. The van der Waals surface area contributed by atoms with E-state index in [2.05, 4.69) is 20.9 Å². The average Bonchev–Trinajstić information content (AvgIpc) is 3.42. The van der Waals surface area contributed by atoms with Crippen LogP contribution in [0.15, 0.2) is 36.5 Å². The molecule has 42 heavy (non-hydrogen) atoms. The van der Waals surface area contributed by atoms with Crippen LogP contribution in [0.4, 0.5) is 0 Å². The number of amides is 3. The van der Waals surface area contributed by atoms with Gasteiger partial charge in [-0.2, -0.15) is 0 Å². The zero-order chi connectivity index (χ0) is 31.3. The molecule has 0 fully saturated rings. The molecule has 0 aliphatic heterocycles. The lowest BCUT2D eigenvalue weighted by molar-refractivity contribution is -0.166. The second-order valence-corrected chi connectivity index (χ2v) is 10.9. The molecule has 14 heteroatoms. The number of esters is 1. The summed E-state index contributed by atoms with van der Waals surface area (Å²) in [6, 6.07) is 5.46. The molecule has 0 aliphatic rings. The first-order chi connectivity index (χ1) is 20.0. The van der Waals surface area contributed by atoms with Crippen LogP contribution < -0.4 is 21.7 Å². The van der Waals surface area contributed by atoms with E-state index >= 15 is 0 Å². The van der Waals surface area contributed by atoms with Gasteiger partial charge >= 0.3 is 5.97 Å². The van der Waals surface area contributed by atoms with Gasteiger partial charge in [-0.1, -0.05) is 37.3 Å². The summed E-state index contributed by atoms with van der Waals surface area (Å²) < 4.78 is 15.7. The molecular formula is C28H39N5O8S. The molecule has 0 unspecified atom stereocenters. The van der Waals surface area contributed by atoms with Crippen molar-refractivity contribution >= 4 is 40.8 Å². The molecule has 5 N–H and O–H groups in total. The first-order valence-electron chi connectivity index (χ1n) is 13.3. The summed E-state index contributed by atoms with van der Waals surface area (Å²) in [5, 5.41) is 8.53. The Balaban J connectivity index is 2.27. The molecule has 0 aliphatic carbocycles. The number of thiazole rings is 1. The molecule has 1 aromatic heterocycles. The van der Waals surface area contributed by atoms with Crippen LogP contribution in [0.25, 0.3) is 0 Å². The fourth-order valence-corrected chi connectivity index (χ4v) is 4.64. The van der Waals surface area contributed by atoms with E-state index < -0.39 is 59.7 Å². The summed E-state index contributed by atoms with van der Waals surface area (Å²) in [7, 11) is 2.71. The molecule has 0 radical (unpaired) electrons. The van der Waals surface area contributed by atoms with Crippen LogP contribution in [0.5, 0.6) is 0 Å². The number of rotatable bonds is 17. The number of methoxy groups -OCH3 is 2.